The van der Waals surface area contributed by atoms with Crippen LogP contribution in [0.5, 0.6) is 0 Å². The number of carbonyl (C=O) groups excluding carboxylic acids is 2. The molecule has 68 heavy (non-hydrogen) atoms. The average Bonchev–Trinajstić information content (AvgIpc) is 3.28. The van der Waals surface area contributed by atoms with Crippen LogP contribution in [0.2, 0.25) is 0 Å². The number of unbranched alkanes of at least 4 members (excludes halogenated alkanes) is 11. The van der Waals surface area contributed by atoms with Crippen LogP contribution in [-0.4, -0.2) is 137 Å². The molecule has 0 heterocycles. The number of hydrogen-bond donors (Lipinski definition) is 10. The second-order valence-electron chi connectivity index (χ2n) is 16.7. The Kier molecular flexibility index (Phi) is 34.6. The van der Waals surface area contributed by atoms with E-state index in [1.54, 1.807) is 36.5 Å². The molecule has 1 aliphatic rings. The van der Waals surface area contributed by atoms with Crippen molar-refractivity contribution in [3.05, 3.63) is 72.9 Å². The van der Waals surface area contributed by atoms with Crippen molar-refractivity contribution in [1.82, 2.24) is 0 Å². The molecule has 0 aromatic carbocycles. The Morgan fingerprint density at radius 3 is 1.74 bits per heavy atom. The van der Waals surface area contributed by atoms with Crippen molar-refractivity contribution in [2.75, 3.05) is 13.2 Å². The van der Waals surface area contributed by atoms with Crippen molar-refractivity contribution < 1.29 is 92.2 Å². The van der Waals surface area contributed by atoms with Gasteiger partial charge in [0.15, 0.2) is 6.10 Å². The Hall–Kier alpha value is -2.68. The van der Waals surface area contributed by atoms with Crippen molar-refractivity contribution in [2.24, 2.45) is 0 Å². The van der Waals surface area contributed by atoms with Gasteiger partial charge in [0.25, 0.3) is 0 Å². The fraction of sp³-hybridized carbons (Fsp3) is 0.702. The fourth-order valence-corrected chi connectivity index (χ4v) is 8.31. The van der Waals surface area contributed by atoms with Gasteiger partial charge in [-0.1, -0.05) is 138 Å². The number of allylic oxidation sites excluding steroid dienone is 9. The molecule has 0 amide bonds. The van der Waals surface area contributed by atoms with Crippen LogP contribution >= 0.6 is 15.6 Å². The van der Waals surface area contributed by atoms with Crippen LogP contribution in [0.1, 0.15) is 136 Å². The van der Waals surface area contributed by atoms with Crippen molar-refractivity contribution in [3.63, 3.8) is 0 Å². The van der Waals surface area contributed by atoms with E-state index in [0.717, 1.165) is 57.8 Å². The van der Waals surface area contributed by atoms with E-state index in [-0.39, 0.29) is 25.7 Å². The minimum atomic E-state index is -5.41. The van der Waals surface area contributed by atoms with E-state index >= 15 is 0 Å². The summed E-state index contributed by atoms with van der Waals surface area (Å²) in [6, 6.07) is 0. The first-order valence-corrected chi connectivity index (χ1v) is 26.8. The third-order valence-electron chi connectivity index (χ3n) is 10.6. The van der Waals surface area contributed by atoms with Crippen LogP contribution in [0.3, 0.4) is 0 Å². The topological polar surface area (TPSA) is 317 Å². The molecule has 1 aliphatic carbocycles. The van der Waals surface area contributed by atoms with E-state index in [1.165, 1.54) is 37.8 Å². The Morgan fingerprint density at radius 2 is 1.13 bits per heavy atom. The number of phosphoric ester groups is 2. The summed E-state index contributed by atoms with van der Waals surface area (Å²) in [5, 5.41) is 71.8. The van der Waals surface area contributed by atoms with Crippen molar-refractivity contribution >= 4 is 27.6 Å². The van der Waals surface area contributed by atoms with Gasteiger partial charge in [-0.15, -0.1) is 0 Å². The molecular formula is C47H80O19P2. The summed E-state index contributed by atoms with van der Waals surface area (Å²) in [7, 11) is -10.8. The average molecular weight is 1010 g/mol. The monoisotopic (exact) mass is 1010 g/mol. The van der Waals surface area contributed by atoms with Crippen LogP contribution in [0.4, 0.5) is 0 Å². The Bertz CT molecular complexity index is 1640. The summed E-state index contributed by atoms with van der Waals surface area (Å²) >= 11 is 0. The van der Waals surface area contributed by atoms with Crippen LogP contribution in [0.15, 0.2) is 72.9 Å². The van der Waals surface area contributed by atoms with E-state index in [2.05, 4.69) is 23.6 Å². The first-order valence-electron chi connectivity index (χ1n) is 23.8. The molecule has 0 aliphatic heterocycles. The Balaban J connectivity index is 2.74. The molecule has 0 bridgehead atoms. The number of aliphatic hydroxyl groups excluding tert-OH is 7. The molecule has 1 fully saturated rings. The van der Waals surface area contributed by atoms with Gasteiger partial charge in [0.05, 0.1) is 24.9 Å². The van der Waals surface area contributed by atoms with E-state index < -0.39 is 102 Å². The van der Waals surface area contributed by atoms with Crippen LogP contribution < -0.4 is 0 Å². The molecule has 11 atom stereocenters. The van der Waals surface area contributed by atoms with Gasteiger partial charge in [-0.05, 0) is 57.8 Å². The van der Waals surface area contributed by atoms with Gasteiger partial charge >= 0.3 is 27.6 Å². The van der Waals surface area contributed by atoms with Gasteiger partial charge in [0.1, 0.15) is 43.2 Å². The first-order chi connectivity index (χ1) is 32.3. The smallest absolute Gasteiger partial charge is 0.462 e. The molecular weight excluding hydrogens is 930 g/mol. The number of rotatable bonds is 38. The van der Waals surface area contributed by atoms with Gasteiger partial charge in [-0.2, -0.15) is 0 Å². The van der Waals surface area contributed by atoms with Gasteiger partial charge in [-0.25, -0.2) is 9.13 Å². The molecule has 0 spiro atoms. The summed E-state index contributed by atoms with van der Waals surface area (Å²) in [4.78, 5) is 54.3. The van der Waals surface area contributed by atoms with E-state index in [9.17, 15) is 69.1 Å². The number of esters is 2. The molecule has 0 radical (unpaired) electrons. The maximum atomic E-state index is 13.0. The van der Waals surface area contributed by atoms with Crippen LogP contribution in [0, 0.1) is 0 Å². The summed E-state index contributed by atoms with van der Waals surface area (Å²) in [6.45, 7) is 2.60. The van der Waals surface area contributed by atoms with Crippen LogP contribution in [0.25, 0.3) is 0 Å². The predicted octanol–water partition coefficient (Wildman–Crippen LogP) is 5.75. The molecule has 0 saturated heterocycles. The zero-order chi connectivity index (χ0) is 50.8. The SMILES string of the molecule is CC/C=C\C[C@@H](O)/C=C/C=C/C=C\C=C/[C@H](O)[C@@H](O)CCCC(=O)OC[C@H](COP(=O)(O)O[C@H]1C(O)C(O)C(O)[C@@H](OP(=O)(O)O)C1O)OC(=O)CCCCCCCCC/C=C\CCCCCC. The number of carbonyl (C=O) groups is 2. The van der Waals surface area contributed by atoms with E-state index in [1.807, 2.05) is 19.1 Å². The maximum Gasteiger partial charge on any atom is 0.472 e. The summed E-state index contributed by atoms with van der Waals surface area (Å²) in [5.74, 6) is -1.55. The van der Waals surface area contributed by atoms with Crippen molar-refractivity contribution in [3.8, 4) is 0 Å². The lowest BCUT2D eigenvalue weighted by molar-refractivity contribution is -0.216. The second kappa shape index (κ2) is 37.1. The summed E-state index contributed by atoms with van der Waals surface area (Å²) in [5.41, 5.74) is 0. The third-order valence-corrected chi connectivity index (χ3v) is 12.1. The molecule has 10 N–H and O–H groups in total. The fourth-order valence-electron chi connectivity index (χ4n) is 6.77. The largest absolute Gasteiger partial charge is 0.472 e. The molecule has 0 aromatic rings. The quantitative estimate of drug-likeness (QED) is 0.0116. The molecule has 392 valence electrons. The molecule has 1 rings (SSSR count). The van der Waals surface area contributed by atoms with Gasteiger partial charge in [0.2, 0.25) is 0 Å². The maximum absolute atomic E-state index is 13.0. The zero-order valence-corrected chi connectivity index (χ0v) is 41.4. The minimum absolute atomic E-state index is 0.00139. The lowest BCUT2D eigenvalue weighted by Gasteiger charge is -2.43. The molecule has 19 nitrogen and oxygen atoms in total. The Labute approximate surface area is 401 Å². The summed E-state index contributed by atoms with van der Waals surface area (Å²) in [6.07, 6.45) is 17.8. The van der Waals surface area contributed by atoms with Crippen molar-refractivity contribution in [1.29, 1.82) is 0 Å². The highest BCUT2D eigenvalue weighted by Crippen LogP contribution is 2.49. The predicted molar refractivity (Wildman–Crippen MR) is 254 cm³/mol. The van der Waals surface area contributed by atoms with E-state index in [0.29, 0.717) is 12.8 Å². The standard InChI is InChI=1S/C47H80O19P2/c1-3-5-7-8-9-10-11-12-13-14-15-16-17-22-26-32-41(52)64-37(35-63-68(60,61)66-47-44(55)42(53)43(54)46(45(47)56)65-67(57,58)59)34-62-40(51)33-27-31-39(50)38(49)30-25-21-19-18-20-24-29-36(48)28-23-6-4-2/h6,10-11,18-21,23-25,29-30,36-39,42-50,53-56H,3-5,7-9,12-17,22,26-28,31-35H2,1-2H3,(H,60,61)(H2,57,58,59)/b11-10-,20-18+,21-19-,23-6-,29-24+,30-25-/t36-,37-,38+,39+,42?,43?,44?,45?,46-,47+/m1/s1. The lowest BCUT2D eigenvalue weighted by Crippen LogP contribution is -2.64. The number of aliphatic hydroxyl groups is 7. The minimum Gasteiger partial charge on any atom is -0.462 e. The number of hydrogen-bond acceptors (Lipinski definition) is 16. The third kappa shape index (κ3) is 30.8. The highest BCUT2D eigenvalue weighted by atomic mass is 31.2. The Morgan fingerprint density at radius 1 is 0.588 bits per heavy atom. The molecule has 1 saturated carbocycles. The second-order valence-corrected chi connectivity index (χ2v) is 19.3. The molecule has 0 aromatic heterocycles. The van der Waals surface area contributed by atoms with Gasteiger partial charge in [0, 0.05) is 12.8 Å². The molecule has 21 heteroatoms. The zero-order valence-electron chi connectivity index (χ0n) is 39.6. The van der Waals surface area contributed by atoms with Gasteiger partial charge < -0.3 is 59.9 Å². The normalized spacial score (nSPS) is 23.3. The lowest BCUT2D eigenvalue weighted by atomic mass is 9.85. The summed E-state index contributed by atoms with van der Waals surface area (Å²) < 4.78 is 49.1. The van der Waals surface area contributed by atoms with Gasteiger partial charge in [-0.3, -0.25) is 23.2 Å². The van der Waals surface area contributed by atoms with Crippen LogP contribution in [-0.2, 0) is 41.8 Å². The highest BCUT2D eigenvalue weighted by molar-refractivity contribution is 7.47. The number of phosphoric acid groups is 2. The van der Waals surface area contributed by atoms with Crippen molar-refractivity contribution in [2.45, 2.75) is 197 Å². The van der Waals surface area contributed by atoms with E-state index in [4.69, 9.17) is 18.5 Å². The first kappa shape index (κ1) is 63.3. The highest BCUT2D eigenvalue weighted by Gasteiger charge is 2.54. The number of ether oxygens (including phenoxy) is 2. The molecule has 5 unspecified atom stereocenters.